The van der Waals surface area contributed by atoms with Gasteiger partial charge in [0.15, 0.2) is 5.78 Å². The van der Waals surface area contributed by atoms with Crippen molar-refractivity contribution in [2.45, 2.75) is 13.3 Å². The molecule has 0 aromatic heterocycles. The van der Waals surface area contributed by atoms with Crippen LogP contribution in [0.2, 0.25) is 0 Å². The first-order valence-corrected chi connectivity index (χ1v) is 11.1. The van der Waals surface area contributed by atoms with Crippen molar-refractivity contribution in [2.75, 3.05) is 32.4 Å². The smallest absolute Gasteiger partial charge is 0.254 e. The summed E-state index contributed by atoms with van der Waals surface area (Å²) >= 11 is 0. The number of hydrogen-bond donors (Lipinski definition) is 0. The molecule has 0 N–H and O–H groups in total. The summed E-state index contributed by atoms with van der Waals surface area (Å²) < 4.78 is 25.0. The molecule has 2 aromatic rings. The van der Waals surface area contributed by atoms with Crippen LogP contribution in [-0.4, -0.2) is 61.7 Å². The standard InChI is InChI=1S/C21H24N2O4S/c1-16-8-10-17(11-9-16)20(24)18-6-3-4-7-19(18)21(25)22-12-5-13-23(15-14-22)28(2,26)27/h3-4,6-11H,5,12-15H2,1-2H3. The van der Waals surface area contributed by atoms with E-state index < -0.39 is 10.0 Å². The van der Waals surface area contributed by atoms with Crippen molar-refractivity contribution in [1.29, 1.82) is 0 Å². The van der Waals surface area contributed by atoms with Crippen molar-refractivity contribution < 1.29 is 18.0 Å². The summed E-state index contributed by atoms with van der Waals surface area (Å²) in [7, 11) is -3.28. The van der Waals surface area contributed by atoms with E-state index in [-0.39, 0.29) is 18.2 Å². The van der Waals surface area contributed by atoms with Crippen LogP contribution < -0.4 is 0 Å². The van der Waals surface area contributed by atoms with Gasteiger partial charge in [0.25, 0.3) is 5.91 Å². The van der Waals surface area contributed by atoms with Crippen LogP contribution in [-0.2, 0) is 10.0 Å². The van der Waals surface area contributed by atoms with Gasteiger partial charge < -0.3 is 4.90 Å². The predicted molar refractivity (Wildman–Crippen MR) is 108 cm³/mol. The van der Waals surface area contributed by atoms with Crippen molar-refractivity contribution in [2.24, 2.45) is 0 Å². The Kier molecular flexibility index (Phi) is 5.96. The summed E-state index contributed by atoms with van der Waals surface area (Å²) in [4.78, 5) is 27.7. The molecule has 0 aliphatic carbocycles. The minimum absolute atomic E-state index is 0.198. The first-order chi connectivity index (χ1) is 13.3. The molecule has 3 rings (SSSR count). The first-order valence-electron chi connectivity index (χ1n) is 9.22. The minimum atomic E-state index is -3.28. The Morgan fingerprint density at radius 2 is 1.50 bits per heavy atom. The van der Waals surface area contributed by atoms with Crippen LogP contribution in [0.25, 0.3) is 0 Å². The molecule has 0 saturated carbocycles. The van der Waals surface area contributed by atoms with Crippen LogP contribution in [0.4, 0.5) is 0 Å². The molecule has 1 saturated heterocycles. The normalized spacial score (nSPS) is 15.9. The van der Waals surface area contributed by atoms with Gasteiger partial charge in [-0.15, -0.1) is 0 Å². The highest BCUT2D eigenvalue weighted by Gasteiger charge is 2.26. The predicted octanol–water partition coefficient (Wildman–Crippen LogP) is 2.33. The highest BCUT2D eigenvalue weighted by Crippen LogP contribution is 2.18. The van der Waals surface area contributed by atoms with Gasteiger partial charge >= 0.3 is 0 Å². The molecule has 0 atom stereocenters. The second-order valence-electron chi connectivity index (χ2n) is 7.05. The Morgan fingerprint density at radius 1 is 0.857 bits per heavy atom. The molecular weight excluding hydrogens is 376 g/mol. The van der Waals surface area contributed by atoms with E-state index in [1.807, 2.05) is 19.1 Å². The number of rotatable bonds is 4. The lowest BCUT2D eigenvalue weighted by Gasteiger charge is -2.22. The fourth-order valence-electron chi connectivity index (χ4n) is 3.33. The fraction of sp³-hybridized carbons (Fsp3) is 0.333. The van der Waals surface area contributed by atoms with Gasteiger partial charge in [0, 0.05) is 37.3 Å². The molecule has 1 aliphatic heterocycles. The third-order valence-corrected chi connectivity index (χ3v) is 6.23. The molecule has 0 radical (unpaired) electrons. The van der Waals surface area contributed by atoms with Crippen LogP contribution in [0.1, 0.15) is 38.3 Å². The second-order valence-corrected chi connectivity index (χ2v) is 9.03. The SMILES string of the molecule is Cc1ccc(C(=O)c2ccccc2C(=O)N2CCCN(S(C)(=O)=O)CC2)cc1. The van der Waals surface area contributed by atoms with Crippen LogP contribution in [0.5, 0.6) is 0 Å². The lowest BCUT2D eigenvalue weighted by Crippen LogP contribution is -2.37. The number of benzene rings is 2. The third kappa shape index (κ3) is 4.48. The highest BCUT2D eigenvalue weighted by molar-refractivity contribution is 7.88. The summed E-state index contributed by atoms with van der Waals surface area (Å²) in [6, 6.07) is 14.0. The summed E-state index contributed by atoms with van der Waals surface area (Å²) in [5, 5.41) is 0. The van der Waals surface area contributed by atoms with E-state index in [2.05, 4.69) is 0 Å². The molecule has 0 spiro atoms. The maximum absolute atomic E-state index is 13.1. The van der Waals surface area contributed by atoms with Crippen molar-refractivity contribution in [3.63, 3.8) is 0 Å². The van der Waals surface area contributed by atoms with Gasteiger partial charge in [-0.25, -0.2) is 12.7 Å². The first kappa shape index (κ1) is 20.2. The van der Waals surface area contributed by atoms with Gasteiger partial charge in [0.2, 0.25) is 10.0 Å². The molecule has 28 heavy (non-hydrogen) atoms. The zero-order valence-electron chi connectivity index (χ0n) is 16.1. The van der Waals surface area contributed by atoms with Crippen LogP contribution >= 0.6 is 0 Å². The number of sulfonamides is 1. The van der Waals surface area contributed by atoms with Gasteiger partial charge in [-0.05, 0) is 19.4 Å². The summed E-state index contributed by atoms with van der Waals surface area (Å²) in [5.41, 5.74) is 2.30. The largest absolute Gasteiger partial charge is 0.337 e. The molecule has 1 aliphatic rings. The van der Waals surface area contributed by atoms with E-state index in [0.717, 1.165) is 5.56 Å². The van der Waals surface area contributed by atoms with Gasteiger partial charge in [0.05, 0.1) is 11.8 Å². The average Bonchev–Trinajstić information content (AvgIpc) is 2.94. The number of ketones is 1. The molecule has 7 heteroatoms. The molecule has 148 valence electrons. The van der Waals surface area contributed by atoms with Crippen LogP contribution in [0, 0.1) is 6.92 Å². The zero-order chi connectivity index (χ0) is 20.3. The van der Waals surface area contributed by atoms with Crippen molar-refractivity contribution in [1.82, 2.24) is 9.21 Å². The molecule has 1 amide bonds. The lowest BCUT2D eigenvalue weighted by atomic mass is 9.97. The van der Waals surface area contributed by atoms with E-state index in [4.69, 9.17) is 0 Å². The topological polar surface area (TPSA) is 74.8 Å². The fourth-order valence-corrected chi connectivity index (χ4v) is 4.20. The molecule has 1 heterocycles. The van der Waals surface area contributed by atoms with E-state index >= 15 is 0 Å². The van der Waals surface area contributed by atoms with Gasteiger partial charge in [-0.2, -0.15) is 0 Å². The third-order valence-electron chi connectivity index (χ3n) is 4.93. The maximum Gasteiger partial charge on any atom is 0.254 e. The summed E-state index contributed by atoms with van der Waals surface area (Å²) in [6.45, 7) is 3.37. The van der Waals surface area contributed by atoms with Crippen LogP contribution in [0.15, 0.2) is 48.5 Å². The molecule has 2 aromatic carbocycles. The zero-order valence-corrected chi connectivity index (χ0v) is 16.9. The number of nitrogens with zero attached hydrogens (tertiary/aromatic N) is 2. The molecular formula is C21H24N2O4S. The van der Waals surface area contributed by atoms with Gasteiger partial charge in [0.1, 0.15) is 0 Å². The number of aryl methyl sites for hydroxylation is 1. The lowest BCUT2D eigenvalue weighted by molar-refractivity contribution is 0.0760. The minimum Gasteiger partial charge on any atom is -0.337 e. The molecule has 1 fully saturated rings. The molecule has 0 unspecified atom stereocenters. The molecule has 6 nitrogen and oxygen atoms in total. The Balaban J connectivity index is 1.85. The second kappa shape index (κ2) is 8.24. The quantitative estimate of drug-likeness (QED) is 0.739. The Bertz CT molecular complexity index is 984. The summed E-state index contributed by atoms with van der Waals surface area (Å²) in [6.07, 6.45) is 1.74. The number of carbonyl (C=O) groups is 2. The number of amides is 1. The monoisotopic (exact) mass is 400 g/mol. The Hall–Kier alpha value is -2.51. The van der Waals surface area contributed by atoms with E-state index in [1.165, 1.54) is 10.6 Å². The Morgan fingerprint density at radius 3 is 2.14 bits per heavy atom. The number of hydrogen-bond acceptors (Lipinski definition) is 4. The van der Waals surface area contributed by atoms with Crippen molar-refractivity contribution in [3.8, 4) is 0 Å². The summed E-state index contributed by atoms with van der Waals surface area (Å²) in [5.74, 6) is -0.442. The van der Waals surface area contributed by atoms with Gasteiger partial charge in [-0.1, -0.05) is 48.0 Å². The molecule has 0 bridgehead atoms. The van der Waals surface area contributed by atoms with E-state index in [1.54, 1.807) is 41.3 Å². The highest BCUT2D eigenvalue weighted by atomic mass is 32.2. The van der Waals surface area contributed by atoms with E-state index in [9.17, 15) is 18.0 Å². The number of carbonyl (C=O) groups excluding carboxylic acids is 2. The van der Waals surface area contributed by atoms with Crippen molar-refractivity contribution in [3.05, 3.63) is 70.8 Å². The average molecular weight is 401 g/mol. The van der Waals surface area contributed by atoms with Crippen LogP contribution in [0.3, 0.4) is 0 Å². The van der Waals surface area contributed by atoms with Gasteiger partial charge in [-0.3, -0.25) is 9.59 Å². The van der Waals surface area contributed by atoms with E-state index in [0.29, 0.717) is 42.7 Å². The van der Waals surface area contributed by atoms with Crippen molar-refractivity contribution >= 4 is 21.7 Å². The Labute approximate surface area is 165 Å². The maximum atomic E-state index is 13.1.